The number of hydrogen-bond acceptors (Lipinski definition) is 3. The molecule has 0 aromatic carbocycles. The van der Waals surface area contributed by atoms with E-state index in [1.165, 1.54) is 109 Å². The van der Waals surface area contributed by atoms with E-state index in [0.29, 0.717) is 18.2 Å². The maximum Gasteiger partial charge on any atom is 0.0614 e. The summed E-state index contributed by atoms with van der Waals surface area (Å²) in [5, 5.41) is 0. The van der Waals surface area contributed by atoms with Gasteiger partial charge in [-0.05, 0) is 78.3 Å². The summed E-state index contributed by atoms with van der Waals surface area (Å²) in [6.45, 7) is 6.39. The molecule has 218 valence electrons. The minimum Gasteiger partial charge on any atom is -0.378 e. The van der Waals surface area contributed by atoms with Gasteiger partial charge in [-0.1, -0.05) is 109 Å². The van der Waals surface area contributed by atoms with E-state index in [4.69, 9.17) is 9.47 Å². The van der Waals surface area contributed by atoms with Crippen molar-refractivity contribution in [2.24, 2.45) is 0 Å². The average molecular weight is 520 g/mol. The average Bonchev–Trinajstić information content (AvgIpc) is 2.89. The predicted octanol–water partition coefficient (Wildman–Crippen LogP) is 10.0. The van der Waals surface area contributed by atoms with Crippen molar-refractivity contribution in [3.63, 3.8) is 0 Å². The van der Waals surface area contributed by atoms with Crippen molar-refractivity contribution in [3.05, 3.63) is 24.3 Å². The fourth-order valence-electron chi connectivity index (χ4n) is 5.36. The smallest absolute Gasteiger partial charge is 0.0614 e. The number of nitrogens with zero attached hydrogens (tertiary/aromatic N) is 1. The van der Waals surface area contributed by atoms with Crippen LogP contribution in [0.25, 0.3) is 0 Å². The van der Waals surface area contributed by atoms with Crippen LogP contribution in [-0.2, 0) is 9.47 Å². The Morgan fingerprint density at radius 2 is 0.973 bits per heavy atom. The van der Waals surface area contributed by atoms with E-state index in [9.17, 15) is 0 Å². The van der Waals surface area contributed by atoms with Gasteiger partial charge in [0.1, 0.15) is 0 Å². The van der Waals surface area contributed by atoms with Crippen molar-refractivity contribution in [2.45, 2.75) is 167 Å². The second-order valence-electron chi connectivity index (χ2n) is 11.7. The van der Waals surface area contributed by atoms with Crippen LogP contribution in [0, 0.1) is 0 Å². The Kier molecular flexibility index (Phi) is 23.8. The summed E-state index contributed by atoms with van der Waals surface area (Å²) in [5.74, 6) is 0. The lowest BCUT2D eigenvalue weighted by molar-refractivity contribution is -0.0667. The van der Waals surface area contributed by atoms with E-state index in [0.717, 1.165) is 38.9 Å². The summed E-state index contributed by atoms with van der Waals surface area (Å²) < 4.78 is 12.7. The van der Waals surface area contributed by atoms with Crippen LogP contribution < -0.4 is 0 Å². The lowest BCUT2D eigenvalue weighted by atomic mass is 9.89. The molecule has 3 heteroatoms. The fourth-order valence-corrected chi connectivity index (χ4v) is 5.36. The minimum absolute atomic E-state index is 0.369. The van der Waals surface area contributed by atoms with Crippen molar-refractivity contribution in [3.8, 4) is 0 Å². The summed E-state index contributed by atoms with van der Waals surface area (Å²) >= 11 is 0. The molecule has 0 saturated heterocycles. The molecule has 0 N–H and O–H groups in total. The highest BCUT2D eigenvalue weighted by molar-refractivity contribution is 4.92. The predicted molar refractivity (Wildman–Crippen MR) is 164 cm³/mol. The van der Waals surface area contributed by atoms with Crippen molar-refractivity contribution < 1.29 is 9.47 Å². The Morgan fingerprint density at radius 3 is 1.49 bits per heavy atom. The molecule has 1 saturated carbocycles. The Bertz CT molecular complexity index is 530. The molecule has 0 radical (unpaired) electrons. The van der Waals surface area contributed by atoms with Crippen molar-refractivity contribution in [2.75, 3.05) is 27.3 Å². The van der Waals surface area contributed by atoms with Crippen molar-refractivity contribution in [1.82, 2.24) is 4.90 Å². The molecular formula is C34H65NO2. The van der Waals surface area contributed by atoms with E-state index >= 15 is 0 Å². The Hall–Kier alpha value is -0.640. The van der Waals surface area contributed by atoms with Gasteiger partial charge in [-0.15, -0.1) is 0 Å². The van der Waals surface area contributed by atoms with Crippen LogP contribution in [0.4, 0.5) is 0 Å². The van der Waals surface area contributed by atoms with Gasteiger partial charge in [0.15, 0.2) is 0 Å². The first kappa shape index (κ1) is 34.4. The maximum absolute atomic E-state index is 6.36. The number of unbranched alkanes of at least 4 members (excludes halogenated alkanes) is 14. The first-order valence-corrected chi connectivity index (χ1v) is 16.4. The van der Waals surface area contributed by atoms with Crippen molar-refractivity contribution in [1.29, 1.82) is 0 Å². The summed E-state index contributed by atoms with van der Waals surface area (Å²) in [6.07, 6.45) is 37.0. The number of rotatable bonds is 25. The van der Waals surface area contributed by atoms with Gasteiger partial charge in [-0.25, -0.2) is 0 Å². The highest BCUT2D eigenvalue weighted by Gasteiger charge is 2.31. The molecule has 3 nitrogen and oxygen atoms in total. The zero-order valence-corrected chi connectivity index (χ0v) is 25.6. The normalized spacial score (nSPS) is 20.6. The SMILES string of the molecule is CCCCC/C=C\C/C=C\CCCCCCCCO[C@H]1C[C@@H](OCCCCCCCC)C[C@H](N(C)C)C1. The van der Waals surface area contributed by atoms with Crippen LogP contribution >= 0.6 is 0 Å². The van der Waals surface area contributed by atoms with Gasteiger partial charge in [0, 0.05) is 19.3 Å². The molecule has 0 spiro atoms. The summed E-state index contributed by atoms with van der Waals surface area (Å²) in [4.78, 5) is 2.37. The third kappa shape index (κ3) is 20.9. The fraction of sp³-hybridized carbons (Fsp3) is 0.882. The molecule has 0 aliphatic heterocycles. The molecule has 0 heterocycles. The van der Waals surface area contributed by atoms with E-state index in [2.05, 4.69) is 57.1 Å². The van der Waals surface area contributed by atoms with E-state index in [1.54, 1.807) is 0 Å². The zero-order valence-electron chi connectivity index (χ0n) is 25.6. The molecule has 1 fully saturated rings. The van der Waals surface area contributed by atoms with E-state index in [-0.39, 0.29) is 0 Å². The second kappa shape index (κ2) is 25.6. The van der Waals surface area contributed by atoms with Gasteiger partial charge in [0.2, 0.25) is 0 Å². The molecule has 0 amide bonds. The van der Waals surface area contributed by atoms with Gasteiger partial charge < -0.3 is 14.4 Å². The lowest BCUT2D eigenvalue weighted by Crippen LogP contribution is -2.42. The van der Waals surface area contributed by atoms with Crippen LogP contribution in [0.2, 0.25) is 0 Å². The number of allylic oxidation sites excluding steroid dienone is 4. The van der Waals surface area contributed by atoms with Crippen LogP contribution in [0.5, 0.6) is 0 Å². The molecule has 1 aliphatic rings. The standard InChI is InChI=1S/C34H65NO2/c1-5-7-9-11-13-14-15-16-17-18-19-20-21-22-24-26-28-37-34-30-32(35(3)4)29-33(31-34)36-27-25-23-12-10-8-6-2/h13-14,16-17,32-34H,5-12,15,18-31H2,1-4H3/b14-13-,17-16-/t32-,33-,34+/m0/s1. The molecule has 3 atom stereocenters. The largest absolute Gasteiger partial charge is 0.378 e. The van der Waals surface area contributed by atoms with Crippen LogP contribution in [0.15, 0.2) is 24.3 Å². The van der Waals surface area contributed by atoms with Crippen LogP contribution in [0.3, 0.4) is 0 Å². The number of ether oxygens (including phenoxy) is 2. The molecule has 0 unspecified atom stereocenters. The molecule has 1 rings (SSSR count). The number of hydrogen-bond donors (Lipinski definition) is 0. The van der Waals surface area contributed by atoms with Gasteiger partial charge in [0.25, 0.3) is 0 Å². The quantitative estimate of drug-likeness (QED) is 0.0884. The highest BCUT2D eigenvalue weighted by Crippen LogP contribution is 2.27. The van der Waals surface area contributed by atoms with Crippen LogP contribution in [-0.4, -0.2) is 50.5 Å². The minimum atomic E-state index is 0.369. The highest BCUT2D eigenvalue weighted by atomic mass is 16.5. The third-order valence-corrected chi connectivity index (χ3v) is 7.88. The lowest BCUT2D eigenvalue weighted by Gasteiger charge is -2.38. The summed E-state index contributed by atoms with van der Waals surface area (Å²) in [7, 11) is 4.42. The molecule has 1 aliphatic carbocycles. The van der Waals surface area contributed by atoms with Gasteiger partial charge in [0.05, 0.1) is 12.2 Å². The maximum atomic E-state index is 6.36. The molecule has 37 heavy (non-hydrogen) atoms. The first-order valence-electron chi connectivity index (χ1n) is 16.4. The third-order valence-electron chi connectivity index (χ3n) is 7.88. The molecule has 0 aromatic rings. The molecule has 0 aromatic heterocycles. The second-order valence-corrected chi connectivity index (χ2v) is 11.7. The topological polar surface area (TPSA) is 21.7 Å². The van der Waals surface area contributed by atoms with Crippen molar-refractivity contribution >= 4 is 0 Å². The van der Waals surface area contributed by atoms with Crippen LogP contribution in [0.1, 0.15) is 149 Å². The van der Waals surface area contributed by atoms with Gasteiger partial charge >= 0.3 is 0 Å². The summed E-state index contributed by atoms with van der Waals surface area (Å²) in [6, 6.07) is 0.587. The first-order chi connectivity index (χ1) is 18.2. The summed E-state index contributed by atoms with van der Waals surface area (Å²) in [5.41, 5.74) is 0. The Morgan fingerprint density at radius 1 is 0.541 bits per heavy atom. The molecule has 0 bridgehead atoms. The molecular weight excluding hydrogens is 454 g/mol. The Labute approximate surface area is 232 Å². The van der Waals surface area contributed by atoms with Gasteiger partial charge in [-0.2, -0.15) is 0 Å². The van der Waals surface area contributed by atoms with E-state index < -0.39 is 0 Å². The monoisotopic (exact) mass is 520 g/mol. The van der Waals surface area contributed by atoms with Gasteiger partial charge in [-0.3, -0.25) is 0 Å². The Balaban J connectivity index is 2.02. The van der Waals surface area contributed by atoms with E-state index in [1.807, 2.05) is 0 Å². The zero-order chi connectivity index (χ0) is 26.8.